The lowest BCUT2D eigenvalue weighted by atomic mass is 9.98. The summed E-state index contributed by atoms with van der Waals surface area (Å²) in [6.07, 6.45) is -1.18. The van der Waals surface area contributed by atoms with E-state index in [0.717, 1.165) is 5.56 Å². The number of ether oxygens (including phenoxy) is 2. The predicted octanol–water partition coefficient (Wildman–Crippen LogP) is 3.89. The van der Waals surface area contributed by atoms with E-state index in [1.807, 2.05) is 6.92 Å². The molecule has 0 aliphatic heterocycles. The predicted molar refractivity (Wildman–Crippen MR) is 79.8 cm³/mol. The van der Waals surface area contributed by atoms with E-state index in [1.54, 1.807) is 24.3 Å². The van der Waals surface area contributed by atoms with Crippen molar-refractivity contribution in [2.24, 2.45) is 0 Å². The summed E-state index contributed by atoms with van der Waals surface area (Å²) < 4.78 is 24.3. The molecular weight excluding hydrogens is 295 g/mol. The van der Waals surface area contributed by atoms with E-state index >= 15 is 0 Å². The summed E-state index contributed by atoms with van der Waals surface area (Å²) in [6.45, 7) is 1.83. The fourth-order valence-corrected chi connectivity index (χ4v) is 2.50. The van der Waals surface area contributed by atoms with Crippen LogP contribution in [0.1, 0.15) is 22.8 Å². The number of methoxy groups -OCH3 is 2. The lowest BCUT2D eigenvalue weighted by molar-refractivity contribution is 0.209. The van der Waals surface area contributed by atoms with Crippen LogP contribution in [0.4, 0.5) is 4.39 Å². The van der Waals surface area contributed by atoms with Crippen molar-refractivity contribution < 1.29 is 19.0 Å². The molecule has 2 aromatic carbocycles. The van der Waals surface area contributed by atoms with Gasteiger partial charge in [-0.2, -0.15) is 0 Å². The summed E-state index contributed by atoms with van der Waals surface area (Å²) in [6, 6.07) is 7.78. The second-order valence-corrected chi connectivity index (χ2v) is 5.01. The molecule has 0 saturated heterocycles. The van der Waals surface area contributed by atoms with Crippen LogP contribution in [0.5, 0.6) is 11.5 Å². The van der Waals surface area contributed by atoms with Crippen molar-refractivity contribution >= 4 is 11.6 Å². The highest BCUT2D eigenvalue weighted by molar-refractivity contribution is 6.33. The van der Waals surface area contributed by atoms with Crippen LogP contribution in [0.15, 0.2) is 30.3 Å². The number of benzene rings is 2. The minimum atomic E-state index is -1.18. The molecule has 0 fully saturated rings. The third-order valence-corrected chi connectivity index (χ3v) is 3.61. The Morgan fingerprint density at radius 3 is 2.43 bits per heavy atom. The van der Waals surface area contributed by atoms with Gasteiger partial charge in [-0.25, -0.2) is 4.39 Å². The Hall–Kier alpha value is -1.78. The van der Waals surface area contributed by atoms with E-state index in [2.05, 4.69) is 0 Å². The van der Waals surface area contributed by atoms with E-state index in [0.29, 0.717) is 11.3 Å². The fraction of sp³-hybridized carbons (Fsp3) is 0.250. The van der Waals surface area contributed by atoms with Crippen LogP contribution in [0.3, 0.4) is 0 Å². The third-order valence-electron chi connectivity index (χ3n) is 3.26. The number of hydrogen-bond donors (Lipinski definition) is 1. The summed E-state index contributed by atoms with van der Waals surface area (Å²) >= 11 is 6.16. The number of aliphatic hydroxyl groups excluding tert-OH is 1. The monoisotopic (exact) mass is 310 g/mol. The number of aliphatic hydroxyl groups is 1. The Kier molecular flexibility index (Phi) is 4.70. The highest BCUT2D eigenvalue weighted by atomic mass is 35.5. The maximum absolute atomic E-state index is 13.9. The summed E-state index contributed by atoms with van der Waals surface area (Å²) in [5.74, 6) is 0.209. The van der Waals surface area contributed by atoms with Gasteiger partial charge < -0.3 is 14.6 Å². The van der Waals surface area contributed by atoms with Gasteiger partial charge in [0.2, 0.25) is 0 Å². The van der Waals surface area contributed by atoms with Gasteiger partial charge in [-0.05, 0) is 25.1 Å². The summed E-state index contributed by atoms with van der Waals surface area (Å²) in [7, 11) is 2.92. The first-order valence-corrected chi connectivity index (χ1v) is 6.71. The smallest absolute Gasteiger partial charge is 0.147 e. The average molecular weight is 311 g/mol. The molecule has 2 rings (SSSR count). The lowest BCUT2D eigenvalue weighted by Gasteiger charge is -2.18. The summed E-state index contributed by atoms with van der Waals surface area (Å²) in [5, 5.41) is 10.7. The van der Waals surface area contributed by atoms with Crippen LogP contribution in [0.2, 0.25) is 5.02 Å². The quantitative estimate of drug-likeness (QED) is 0.931. The van der Waals surface area contributed by atoms with Gasteiger partial charge >= 0.3 is 0 Å². The first kappa shape index (κ1) is 15.6. The van der Waals surface area contributed by atoms with E-state index < -0.39 is 11.9 Å². The van der Waals surface area contributed by atoms with Crippen LogP contribution in [0.25, 0.3) is 0 Å². The van der Waals surface area contributed by atoms with Crippen molar-refractivity contribution in [1.29, 1.82) is 0 Å². The van der Waals surface area contributed by atoms with Crippen LogP contribution in [-0.2, 0) is 0 Å². The molecule has 2 aromatic rings. The molecule has 0 radical (unpaired) electrons. The minimum Gasteiger partial charge on any atom is -0.495 e. The number of hydrogen-bond acceptors (Lipinski definition) is 3. The molecule has 3 nitrogen and oxygen atoms in total. The Balaban J connectivity index is 2.55. The van der Waals surface area contributed by atoms with Crippen molar-refractivity contribution in [2.75, 3.05) is 14.2 Å². The second-order valence-electron chi connectivity index (χ2n) is 4.63. The van der Waals surface area contributed by atoms with Crippen molar-refractivity contribution in [2.45, 2.75) is 13.0 Å². The van der Waals surface area contributed by atoms with Gasteiger partial charge in [0.25, 0.3) is 0 Å². The van der Waals surface area contributed by atoms with Gasteiger partial charge in [0.05, 0.1) is 14.2 Å². The molecule has 0 heterocycles. The average Bonchev–Trinajstić information content (AvgIpc) is 2.48. The van der Waals surface area contributed by atoms with E-state index in [4.69, 9.17) is 21.1 Å². The number of rotatable bonds is 4. The van der Waals surface area contributed by atoms with E-state index in [1.165, 1.54) is 20.3 Å². The molecule has 21 heavy (non-hydrogen) atoms. The minimum absolute atomic E-state index is 0.175. The SMILES string of the molecule is COc1ccc(C(O)c2cc(C)ccc2F)c(OC)c1Cl. The zero-order chi connectivity index (χ0) is 15.6. The van der Waals surface area contributed by atoms with Gasteiger partial charge in [0.1, 0.15) is 28.4 Å². The Morgan fingerprint density at radius 1 is 1.10 bits per heavy atom. The largest absolute Gasteiger partial charge is 0.495 e. The molecular formula is C16H16ClFO3. The normalized spacial score (nSPS) is 12.1. The molecule has 5 heteroatoms. The zero-order valence-corrected chi connectivity index (χ0v) is 12.7. The standard InChI is InChI=1S/C16H16ClFO3/c1-9-4-6-12(18)11(8-9)15(19)10-5-7-13(20-2)14(17)16(10)21-3/h4-8,15,19H,1-3H3. The molecule has 112 valence electrons. The Bertz CT molecular complexity index is 658. The molecule has 0 aromatic heterocycles. The van der Waals surface area contributed by atoms with E-state index in [9.17, 15) is 9.50 Å². The molecule has 0 aliphatic rings. The molecule has 0 spiro atoms. The molecule has 1 atom stereocenters. The van der Waals surface area contributed by atoms with E-state index in [-0.39, 0.29) is 16.3 Å². The maximum atomic E-state index is 13.9. The molecule has 0 bridgehead atoms. The fourth-order valence-electron chi connectivity index (χ4n) is 2.17. The Labute approximate surface area is 127 Å². The highest BCUT2D eigenvalue weighted by Gasteiger charge is 2.22. The molecule has 0 aliphatic carbocycles. The number of halogens is 2. The summed E-state index contributed by atoms with van der Waals surface area (Å²) in [4.78, 5) is 0. The highest BCUT2D eigenvalue weighted by Crippen LogP contribution is 2.41. The molecule has 0 amide bonds. The van der Waals surface area contributed by atoms with Gasteiger partial charge in [0.15, 0.2) is 0 Å². The molecule has 1 N–H and O–H groups in total. The first-order valence-electron chi connectivity index (χ1n) is 6.34. The third kappa shape index (κ3) is 2.96. The van der Waals surface area contributed by atoms with Crippen LogP contribution in [0, 0.1) is 12.7 Å². The van der Waals surface area contributed by atoms with Crippen LogP contribution >= 0.6 is 11.6 Å². The zero-order valence-electron chi connectivity index (χ0n) is 12.0. The van der Waals surface area contributed by atoms with Crippen molar-refractivity contribution in [1.82, 2.24) is 0 Å². The topological polar surface area (TPSA) is 38.7 Å². The molecule has 0 saturated carbocycles. The lowest BCUT2D eigenvalue weighted by Crippen LogP contribution is -2.06. The van der Waals surface area contributed by atoms with Gasteiger partial charge in [-0.15, -0.1) is 0 Å². The summed E-state index contributed by atoms with van der Waals surface area (Å²) in [5.41, 5.74) is 1.41. The number of aryl methyl sites for hydroxylation is 1. The van der Waals surface area contributed by atoms with Crippen LogP contribution in [-0.4, -0.2) is 19.3 Å². The van der Waals surface area contributed by atoms with Gasteiger partial charge in [-0.3, -0.25) is 0 Å². The molecule has 1 unspecified atom stereocenters. The van der Waals surface area contributed by atoms with Crippen molar-refractivity contribution in [3.8, 4) is 11.5 Å². The van der Waals surface area contributed by atoms with Crippen LogP contribution < -0.4 is 9.47 Å². The van der Waals surface area contributed by atoms with Gasteiger partial charge in [0, 0.05) is 11.1 Å². The van der Waals surface area contributed by atoms with Crippen molar-refractivity contribution in [3.05, 3.63) is 57.9 Å². The Morgan fingerprint density at radius 2 is 1.81 bits per heavy atom. The maximum Gasteiger partial charge on any atom is 0.147 e. The van der Waals surface area contributed by atoms with Crippen molar-refractivity contribution in [3.63, 3.8) is 0 Å². The second kappa shape index (κ2) is 6.33. The van der Waals surface area contributed by atoms with Gasteiger partial charge in [-0.1, -0.05) is 29.3 Å². The first-order chi connectivity index (χ1) is 9.99.